The number of nitro groups is 1. The van der Waals surface area contributed by atoms with Gasteiger partial charge in [0.2, 0.25) is 0 Å². The summed E-state index contributed by atoms with van der Waals surface area (Å²) in [5, 5.41) is 10.6. The molecule has 0 N–H and O–H groups in total. The van der Waals surface area contributed by atoms with E-state index in [4.69, 9.17) is 14.2 Å². The van der Waals surface area contributed by atoms with Crippen LogP contribution in [0, 0.1) is 10.1 Å². The lowest BCUT2D eigenvalue weighted by Gasteiger charge is -2.08. The van der Waals surface area contributed by atoms with E-state index < -0.39 is 4.92 Å². The largest absolute Gasteiger partial charge is 0.497 e. The summed E-state index contributed by atoms with van der Waals surface area (Å²) in [6.45, 7) is 1.30. The molecule has 0 bridgehead atoms. The van der Waals surface area contributed by atoms with Crippen molar-refractivity contribution in [3.05, 3.63) is 58.6 Å². The minimum atomic E-state index is -0.419. The van der Waals surface area contributed by atoms with Crippen LogP contribution in [0.1, 0.15) is 25.7 Å². The van der Waals surface area contributed by atoms with E-state index in [0.29, 0.717) is 19.0 Å². The molecular formula is C19H23NO5. The van der Waals surface area contributed by atoms with Crippen LogP contribution in [0.25, 0.3) is 0 Å². The molecule has 25 heavy (non-hydrogen) atoms. The van der Waals surface area contributed by atoms with Gasteiger partial charge in [-0.1, -0.05) is 0 Å². The Bertz CT molecular complexity index is 640. The van der Waals surface area contributed by atoms with E-state index in [0.717, 1.165) is 37.2 Å². The zero-order valence-corrected chi connectivity index (χ0v) is 14.3. The van der Waals surface area contributed by atoms with Crippen molar-refractivity contribution >= 4 is 5.69 Å². The van der Waals surface area contributed by atoms with E-state index in [1.165, 1.54) is 12.1 Å². The first kappa shape index (κ1) is 18.6. The Balaban J connectivity index is 1.51. The van der Waals surface area contributed by atoms with Crippen molar-refractivity contribution in [1.82, 2.24) is 0 Å². The molecule has 0 saturated carbocycles. The molecule has 6 nitrogen and oxygen atoms in total. The molecule has 0 heterocycles. The number of non-ortho nitro benzene ring substituents is 1. The fourth-order valence-corrected chi connectivity index (χ4v) is 2.27. The Morgan fingerprint density at radius 2 is 1.20 bits per heavy atom. The minimum Gasteiger partial charge on any atom is -0.497 e. The monoisotopic (exact) mass is 345 g/mol. The van der Waals surface area contributed by atoms with Crippen molar-refractivity contribution < 1.29 is 19.1 Å². The van der Waals surface area contributed by atoms with Gasteiger partial charge in [-0.3, -0.25) is 10.1 Å². The van der Waals surface area contributed by atoms with Crippen LogP contribution in [0.15, 0.2) is 48.5 Å². The van der Waals surface area contributed by atoms with Crippen molar-refractivity contribution in [1.29, 1.82) is 0 Å². The molecule has 0 spiro atoms. The summed E-state index contributed by atoms with van der Waals surface area (Å²) in [5.74, 6) is 2.33. The van der Waals surface area contributed by atoms with Crippen molar-refractivity contribution in [3.8, 4) is 17.2 Å². The smallest absolute Gasteiger partial charge is 0.269 e. The number of methoxy groups -OCH3 is 1. The number of nitro benzene ring substituents is 1. The molecule has 0 saturated heterocycles. The highest BCUT2D eigenvalue weighted by atomic mass is 16.6. The van der Waals surface area contributed by atoms with Crippen molar-refractivity contribution in [3.63, 3.8) is 0 Å². The van der Waals surface area contributed by atoms with Gasteiger partial charge < -0.3 is 14.2 Å². The average molecular weight is 345 g/mol. The van der Waals surface area contributed by atoms with Gasteiger partial charge in [0.1, 0.15) is 17.2 Å². The van der Waals surface area contributed by atoms with Gasteiger partial charge in [0.05, 0.1) is 25.2 Å². The molecule has 0 aliphatic carbocycles. The summed E-state index contributed by atoms with van der Waals surface area (Å²) in [6, 6.07) is 13.7. The molecule has 0 aliphatic rings. The number of unbranched alkanes of at least 4 members (excludes halogenated alkanes) is 3. The van der Waals surface area contributed by atoms with Crippen LogP contribution in [0.4, 0.5) is 5.69 Å². The van der Waals surface area contributed by atoms with Gasteiger partial charge in [-0.15, -0.1) is 0 Å². The van der Waals surface area contributed by atoms with Gasteiger partial charge >= 0.3 is 0 Å². The molecule has 0 unspecified atom stereocenters. The third-order valence-electron chi connectivity index (χ3n) is 3.68. The normalized spacial score (nSPS) is 10.3. The molecule has 2 aromatic carbocycles. The van der Waals surface area contributed by atoms with Crippen molar-refractivity contribution in [2.45, 2.75) is 25.7 Å². The number of ether oxygens (including phenoxy) is 3. The fourth-order valence-electron chi connectivity index (χ4n) is 2.27. The topological polar surface area (TPSA) is 70.8 Å². The van der Waals surface area contributed by atoms with Crippen LogP contribution in [-0.4, -0.2) is 25.2 Å². The summed E-state index contributed by atoms with van der Waals surface area (Å²) >= 11 is 0. The zero-order chi connectivity index (χ0) is 17.9. The second-order valence-electron chi connectivity index (χ2n) is 5.54. The van der Waals surface area contributed by atoms with E-state index in [1.54, 1.807) is 19.2 Å². The molecule has 0 aliphatic heterocycles. The van der Waals surface area contributed by atoms with E-state index in [1.807, 2.05) is 24.3 Å². The van der Waals surface area contributed by atoms with Gasteiger partial charge in [-0.05, 0) is 62.1 Å². The lowest BCUT2D eigenvalue weighted by atomic mass is 10.2. The van der Waals surface area contributed by atoms with E-state index in [-0.39, 0.29) is 5.69 Å². The second-order valence-corrected chi connectivity index (χ2v) is 5.54. The molecule has 134 valence electrons. The Labute approximate surface area is 147 Å². The van der Waals surface area contributed by atoms with Crippen molar-refractivity contribution in [2.24, 2.45) is 0 Å². The Hall–Kier alpha value is -2.76. The first-order valence-corrected chi connectivity index (χ1v) is 8.33. The van der Waals surface area contributed by atoms with Gasteiger partial charge in [0.15, 0.2) is 0 Å². The summed E-state index contributed by atoms with van der Waals surface area (Å²) in [5.41, 5.74) is 0.0733. The highest BCUT2D eigenvalue weighted by molar-refractivity contribution is 5.36. The number of hydrogen-bond donors (Lipinski definition) is 0. The van der Waals surface area contributed by atoms with Crippen LogP contribution < -0.4 is 14.2 Å². The Kier molecular flexibility index (Phi) is 7.56. The van der Waals surface area contributed by atoms with Crippen LogP contribution >= 0.6 is 0 Å². The summed E-state index contributed by atoms with van der Waals surface area (Å²) in [6.07, 6.45) is 4.06. The van der Waals surface area contributed by atoms with Gasteiger partial charge in [0, 0.05) is 12.1 Å². The maximum atomic E-state index is 10.6. The Morgan fingerprint density at radius 3 is 1.64 bits per heavy atom. The van der Waals surface area contributed by atoms with Gasteiger partial charge in [-0.2, -0.15) is 0 Å². The maximum Gasteiger partial charge on any atom is 0.269 e. The van der Waals surface area contributed by atoms with Gasteiger partial charge in [0.25, 0.3) is 5.69 Å². The lowest BCUT2D eigenvalue weighted by molar-refractivity contribution is -0.384. The SMILES string of the molecule is COc1ccc(OCCCCCCOc2ccc([N+](=O)[O-])cc2)cc1. The van der Waals surface area contributed by atoms with Crippen molar-refractivity contribution in [2.75, 3.05) is 20.3 Å². The maximum absolute atomic E-state index is 10.6. The summed E-state index contributed by atoms with van der Waals surface area (Å²) < 4.78 is 16.3. The molecule has 6 heteroatoms. The van der Waals surface area contributed by atoms with Crippen LogP contribution in [0.2, 0.25) is 0 Å². The molecular weight excluding hydrogens is 322 g/mol. The van der Waals surface area contributed by atoms with E-state index >= 15 is 0 Å². The quantitative estimate of drug-likeness (QED) is 0.337. The third-order valence-corrected chi connectivity index (χ3v) is 3.68. The van der Waals surface area contributed by atoms with Crippen LogP contribution in [0.3, 0.4) is 0 Å². The Morgan fingerprint density at radius 1 is 0.760 bits per heavy atom. The first-order chi connectivity index (χ1) is 12.2. The third kappa shape index (κ3) is 6.71. The lowest BCUT2D eigenvalue weighted by Crippen LogP contribution is -2.00. The fraction of sp³-hybridized carbons (Fsp3) is 0.368. The minimum absolute atomic E-state index is 0.0733. The number of benzene rings is 2. The van der Waals surface area contributed by atoms with Gasteiger partial charge in [-0.25, -0.2) is 0 Å². The molecule has 0 amide bonds. The molecule has 0 aromatic heterocycles. The number of rotatable bonds is 11. The molecule has 0 fully saturated rings. The molecule has 0 radical (unpaired) electrons. The number of hydrogen-bond acceptors (Lipinski definition) is 5. The molecule has 2 rings (SSSR count). The van der Waals surface area contributed by atoms with E-state index in [9.17, 15) is 10.1 Å². The molecule has 2 aromatic rings. The highest BCUT2D eigenvalue weighted by Gasteiger charge is 2.04. The zero-order valence-electron chi connectivity index (χ0n) is 14.3. The second kappa shape index (κ2) is 10.2. The molecule has 0 atom stereocenters. The highest BCUT2D eigenvalue weighted by Crippen LogP contribution is 2.18. The average Bonchev–Trinajstić information content (AvgIpc) is 2.64. The predicted octanol–water partition coefficient (Wildman–Crippen LogP) is 4.62. The van der Waals surface area contributed by atoms with E-state index in [2.05, 4.69) is 0 Å². The van der Waals surface area contributed by atoms with Crippen LogP contribution in [-0.2, 0) is 0 Å². The summed E-state index contributed by atoms with van der Waals surface area (Å²) in [7, 11) is 1.64. The predicted molar refractivity (Wildman–Crippen MR) is 95.5 cm³/mol. The standard InChI is InChI=1S/C19H23NO5/c1-23-17-10-12-19(13-11-17)25-15-5-3-2-4-14-24-18-8-6-16(7-9-18)20(21)22/h6-13H,2-5,14-15H2,1H3. The van der Waals surface area contributed by atoms with Crippen LogP contribution in [0.5, 0.6) is 17.2 Å². The summed E-state index contributed by atoms with van der Waals surface area (Å²) in [4.78, 5) is 10.1. The number of nitrogens with zero attached hydrogens (tertiary/aromatic N) is 1. The first-order valence-electron chi connectivity index (χ1n) is 8.33.